The van der Waals surface area contributed by atoms with Crippen LogP contribution in [0.25, 0.3) is 16.9 Å². The summed E-state index contributed by atoms with van der Waals surface area (Å²) in [7, 11) is 0. The van der Waals surface area contributed by atoms with Crippen molar-refractivity contribution < 1.29 is 14.9 Å². The molecule has 0 saturated heterocycles. The zero-order valence-electron chi connectivity index (χ0n) is 20.0. The lowest BCUT2D eigenvalue weighted by atomic mass is 10.2. The first-order valence-corrected chi connectivity index (χ1v) is 12.4. The third kappa shape index (κ3) is 6.36. The number of benzene rings is 1. The molecule has 10 nitrogen and oxygen atoms in total. The highest BCUT2D eigenvalue weighted by atomic mass is 32.2. The molecule has 3 rings (SSSR count). The lowest BCUT2D eigenvalue weighted by Gasteiger charge is -2.20. The zero-order chi connectivity index (χ0) is 24.5. The molecule has 3 aromatic rings. The SMILES string of the molecule is CCCc1nc(C)c2c(=O)[nH]c(-c3cc(SNCCN(CCO)CCO)ccc3OCC)nn12. The zero-order valence-corrected chi connectivity index (χ0v) is 20.8. The number of aliphatic hydroxyl groups is 2. The van der Waals surface area contributed by atoms with Gasteiger partial charge < -0.3 is 19.9 Å². The van der Waals surface area contributed by atoms with Gasteiger partial charge in [0.15, 0.2) is 11.3 Å². The molecule has 0 amide bonds. The second-order valence-corrected chi connectivity index (χ2v) is 8.77. The molecule has 0 aliphatic carbocycles. The Kier molecular flexibility index (Phi) is 9.90. The quantitative estimate of drug-likeness (QED) is 0.197. The van der Waals surface area contributed by atoms with E-state index in [0.29, 0.717) is 61.1 Å². The predicted octanol–water partition coefficient (Wildman–Crippen LogP) is 1.63. The second kappa shape index (κ2) is 12.9. The minimum atomic E-state index is -0.233. The van der Waals surface area contributed by atoms with E-state index in [1.54, 1.807) is 4.52 Å². The van der Waals surface area contributed by atoms with Gasteiger partial charge in [0.1, 0.15) is 11.6 Å². The number of ether oxygens (including phenoxy) is 1. The Bertz CT molecular complexity index is 1130. The first kappa shape index (κ1) is 26.2. The van der Waals surface area contributed by atoms with E-state index in [1.807, 2.05) is 36.9 Å². The maximum Gasteiger partial charge on any atom is 0.277 e. The number of rotatable bonds is 14. The van der Waals surface area contributed by atoms with Crippen LogP contribution >= 0.6 is 11.9 Å². The summed E-state index contributed by atoms with van der Waals surface area (Å²) in [6.45, 7) is 8.82. The van der Waals surface area contributed by atoms with Gasteiger partial charge in [-0.2, -0.15) is 0 Å². The van der Waals surface area contributed by atoms with Gasteiger partial charge >= 0.3 is 0 Å². The van der Waals surface area contributed by atoms with Gasteiger partial charge in [-0.1, -0.05) is 6.92 Å². The molecular formula is C23H34N6O4S. The van der Waals surface area contributed by atoms with Crippen molar-refractivity contribution in [3.05, 3.63) is 40.1 Å². The summed E-state index contributed by atoms with van der Waals surface area (Å²) in [6.07, 6.45) is 1.63. The van der Waals surface area contributed by atoms with E-state index in [-0.39, 0.29) is 18.8 Å². The van der Waals surface area contributed by atoms with Crippen LogP contribution in [-0.2, 0) is 6.42 Å². The molecule has 186 valence electrons. The number of H-pyrrole nitrogens is 1. The number of aromatic nitrogens is 4. The largest absolute Gasteiger partial charge is 0.493 e. The predicted molar refractivity (Wildman–Crippen MR) is 133 cm³/mol. The minimum absolute atomic E-state index is 0.0569. The highest BCUT2D eigenvalue weighted by molar-refractivity contribution is 7.97. The summed E-state index contributed by atoms with van der Waals surface area (Å²) in [5, 5.41) is 23.0. The van der Waals surface area contributed by atoms with Crippen molar-refractivity contribution >= 4 is 17.5 Å². The number of aromatic amines is 1. The normalized spacial score (nSPS) is 11.6. The average molecular weight is 491 g/mol. The molecule has 11 heteroatoms. The number of nitrogens with zero attached hydrogens (tertiary/aromatic N) is 4. The molecule has 0 radical (unpaired) electrons. The van der Waals surface area contributed by atoms with Gasteiger partial charge in [-0.05, 0) is 50.4 Å². The van der Waals surface area contributed by atoms with Crippen LogP contribution in [0, 0.1) is 6.92 Å². The van der Waals surface area contributed by atoms with Crippen LogP contribution in [0.4, 0.5) is 0 Å². The summed E-state index contributed by atoms with van der Waals surface area (Å²) in [4.78, 5) is 23.3. The molecule has 2 heterocycles. The molecule has 0 aliphatic rings. The van der Waals surface area contributed by atoms with Gasteiger partial charge in [0.25, 0.3) is 5.56 Å². The van der Waals surface area contributed by atoms with E-state index >= 15 is 0 Å². The highest BCUT2D eigenvalue weighted by Crippen LogP contribution is 2.31. The number of hydrogen-bond donors (Lipinski definition) is 4. The first-order chi connectivity index (χ1) is 16.5. The molecule has 2 aromatic heterocycles. The monoisotopic (exact) mass is 490 g/mol. The fraction of sp³-hybridized carbons (Fsp3) is 0.522. The van der Waals surface area contributed by atoms with E-state index in [4.69, 9.17) is 20.0 Å². The van der Waals surface area contributed by atoms with Crippen molar-refractivity contribution in [3.63, 3.8) is 0 Å². The minimum Gasteiger partial charge on any atom is -0.493 e. The van der Waals surface area contributed by atoms with Crippen LogP contribution in [0.2, 0.25) is 0 Å². The fourth-order valence-electron chi connectivity index (χ4n) is 3.74. The number of nitrogens with one attached hydrogen (secondary N) is 2. The van der Waals surface area contributed by atoms with Gasteiger partial charge in [-0.25, -0.2) is 9.50 Å². The molecule has 4 N–H and O–H groups in total. The Morgan fingerprint density at radius 1 is 1.21 bits per heavy atom. The molecular weight excluding hydrogens is 456 g/mol. The number of imidazole rings is 1. The first-order valence-electron chi connectivity index (χ1n) is 11.6. The Morgan fingerprint density at radius 3 is 2.65 bits per heavy atom. The fourth-order valence-corrected chi connectivity index (χ4v) is 4.41. The topological polar surface area (TPSA) is 128 Å². The highest BCUT2D eigenvalue weighted by Gasteiger charge is 2.17. The molecule has 0 bridgehead atoms. The van der Waals surface area contributed by atoms with Gasteiger partial charge in [0, 0.05) is 37.5 Å². The molecule has 0 spiro atoms. The van der Waals surface area contributed by atoms with E-state index < -0.39 is 0 Å². The van der Waals surface area contributed by atoms with E-state index in [9.17, 15) is 4.79 Å². The van der Waals surface area contributed by atoms with Crippen molar-refractivity contribution in [2.24, 2.45) is 0 Å². The van der Waals surface area contributed by atoms with Crippen LogP contribution in [-0.4, -0.2) is 80.7 Å². The number of aliphatic hydroxyl groups excluding tert-OH is 2. The van der Waals surface area contributed by atoms with E-state index in [1.165, 1.54) is 11.9 Å². The van der Waals surface area contributed by atoms with Crippen LogP contribution in [0.1, 0.15) is 31.8 Å². The van der Waals surface area contributed by atoms with Crippen molar-refractivity contribution in [2.75, 3.05) is 46.0 Å². The Hall–Kier alpha value is -2.44. The standard InChI is InChI=1S/C23H34N6O4S/c1-4-6-20-25-16(3)21-23(32)26-22(27-29(20)21)18-15-17(7-8-19(18)33-5-2)34-24-9-10-28(11-13-30)12-14-31/h7-8,15,24,30-31H,4-6,9-14H2,1-3H3,(H,26,27,32). The summed E-state index contributed by atoms with van der Waals surface area (Å²) in [5.41, 5.74) is 1.60. The van der Waals surface area contributed by atoms with Crippen LogP contribution < -0.4 is 15.0 Å². The van der Waals surface area contributed by atoms with E-state index in [2.05, 4.69) is 21.6 Å². The van der Waals surface area contributed by atoms with Crippen molar-refractivity contribution in [3.8, 4) is 17.1 Å². The van der Waals surface area contributed by atoms with Crippen LogP contribution in [0.5, 0.6) is 5.75 Å². The molecule has 0 fully saturated rings. The molecule has 34 heavy (non-hydrogen) atoms. The van der Waals surface area contributed by atoms with Crippen LogP contribution in [0.15, 0.2) is 27.9 Å². The smallest absolute Gasteiger partial charge is 0.277 e. The lowest BCUT2D eigenvalue weighted by Crippen LogP contribution is -2.34. The van der Waals surface area contributed by atoms with Crippen molar-refractivity contribution in [2.45, 2.75) is 38.5 Å². The van der Waals surface area contributed by atoms with Gasteiger partial charge in [-0.15, -0.1) is 5.10 Å². The number of hydrogen-bond acceptors (Lipinski definition) is 9. The third-order valence-electron chi connectivity index (χ3n) is 5.27. The maximum absolute atomic E-state index is 12.9. The van der Waals surface area contributed by atoms with E-state index in [0.717, 1.165) is 23.6 Å². The van der Waals surface area contributed by atoms with Gasteiger partial charge in [0.2, 0.25) is 0 Å². The summed E-state index contributed by atoms with van der Waals surface area (Å²) in [6, 6.07) is 5.77. The van der Waals surface area contributed by atoms with Crippen molar-refractivity contribution in [1.29, 1.82) is 0 Å². The van der Waals surface area contributed by atoms with Gasteiger partial charge in [0.05, 0.1) is 31.1 Å². The molecule has 1 aromatic carbocycles. The molecule has 0 unspecified atom stereocenters. The Balaban J connectivity index is 1.86. The number of aryl methyl sites for hydroxylation is 2. The molecule has 0 atom stereocenters. The average Bonchev–Trinajstić information content (AvgIpc) is 3.13. The lowest BCUT2D eigenvalue weighted by molar-refractivity contribution is 0.163. The summed E-state index contributed by atoms with van der Waals surface area (Å²) >= 11 is 1.46. The summed E-state index contributed by atoms with van der Waals surface area (Å²) < 4.78 is 10.8. The Labute approximate surface area is 203 Å². The van der Waals surface area contributed by atoms with Gasteiger partial charge in [-0.3, -0.25) is 14.4 Å². The van der Waals surface area contributed by atoms with Crippen LogP contribution in [0.3, 0.4) is 0 Å². The molecule has 0 saturated carbocycles. The summed E-state index contributed by atoms with van der Waals surface area (Å²) in [5.74, 6) is 1.83. The Morgan fingerprint density at radius 2 is 1.97 bits per heavy atom. The number of fused-ring (bicyclic) bond motifs is 1. The maximum atomic E-state index is 12.9. The molecule has 0 aliphatic heterocycles. The second-order valence-electron chi connectivity index (χ2n) is 7.80. The third-order valence-corrected chi connectivity index (χ3v) is 6.11. The van der Waals surface area contributed by atoms with Crippen molar-refractivity contribution in [1.82, 2.24) is 29.2 Å².